The first-order valence-corrected chi connectivity index (χ1v) is 8.97. The molecular formula is C19H28N2O3. The maximum Gasteiger partial charge on any atom is 0.276 e. The Bertz CT molecular complexity index is 539. The van der Waals surface area contributed by atoms with Gasteiger partial charge in [0.25, 0.3) is 5.91 Å². The summed E-state index contributed by atoms with van der Waals surface area (Å²) in [6.45, 7) is 1.93. The quantitative estimate of drug-likeness (QED) is 0.754. The van der Waals surface area contributed by atoms with Crippen LogP contribution in [0.4, 0.5) is 0 Å². The first-order chi connectivity index (χ1) is 11.7. The second-order valence-electron chi connectivity index (χ2n) is 6.39. The van der Waals surface area contributed by atoms with Crippen LogP contribution in [0.5, 0.6) is 5.75 Å². The topological polar surface area (TPSA) is 67.4 Å². The third kappa shape index (κ3) is 6.22. The fourth-order valence-electron chi connectivity index (χ4n) is 3.13. The zero-order valence-corrected chi connectivity index (χ0v) is 14.5. The molecule has 1 aliphatic carbocycles. The summed E-state index contributed by atoms with van der Waals surface area (Å²) in [5.74, 6) is 0.877. The van der Waals surface area contributed by atoms with E-state index in [1.165, 1.54) is 32.1 Å². The third-order valence-electron chi connectivity index (χ3n) is 4.56. The van der Waals surface area contributed by atoms with Crippen molar-refractivity contribution in [3.8, 4) is 5.75 Å². The Hall–Kier alpha value is -2.04. The maximum atomic E-state index is 11.8. The molecule has 0 unspecified atom stereocenters. The molecule has 0 aliphatic heterocycles. The van der Waals surface area contributed by atoms with Gasteiger partial charge in [-0.3, -0.25) is 20.4 Å². The van der Waals surface area contributed by atoms with Crippen LogP contribution in [0.2, 0.25) is 0 Å². The fraction of sp³-hybridized carbons (Fsp3) is 0.579. The van der Waals surface area contributed by atoms with Crippen molar-refractivity contribution in [3.05, 3.63) is 29.8 Å². The summed E-state index contributed by atoms with van der Waals surface area (Å²) < 4.78 is 5.51. The van der Waals surface area contributed by atoms with Crippen molar-refractivity contribution in [2.45, 2.75) is 58.3 Å². The van der Waals surface area contributed by atoms with E-state index in [0.29, 0.717) is 18.1 Å². The fourth-order valence-corrected chi connectivity index (χ4v) is 3.13. The van der Waals surface area contributed by atoms with E-state index in [9.17, 15) is 9.59 Å². The Morgan fingerprint density at radius 3 is 2.54 bits per heavy atom. The number of hydrazine groups is 1. The molecule has 5 heteroatoms. The monoisotopic (exact) mass is 332 g/mol. The number of aryl methyl sites for hydroxylation is 1. The van der Waals surface area contributed by atoms with Crippen molar-refractivity contribution >= 4 is 11.8 Å². The standard InChI is InChI=1S/C19H28N2O3/c1-2-16-10-6-7-11-17(16)24-14-19(23)21-20-18(22)13-12-15-8-4-3-5-9-15/h6-7,10-11,15H,2-5,8-9,12-14H2,1H3,(H,20,22)(H,21,23). The number of hydrogen-bond acceptors (Lipinski definition) is 3. The van der Waals surface area contributed by atoms with Gasteiger partial charge in [-0.1, -0.05) is 57.2 Å². The molecule has 132 valence electrons. The zero-order chi connectivity index (χ0) is 17.2. The van der Waals surface area contributed by atoms with Crippen molar-refractivity contribution in [1.82, 2.24) is 10.9 Å². The summed E-state index contributed by atoms with van der Waals surface area (Å²) in [5.41, 5.74) is 5.94. The minimum atomic E-state index is -0.355. The number of carbonyl (C=O) groups excluding carboxylic acids is 2. The highest BCUT2D eigenvalue weighted by Gasteiger charge is 2.15. The molecule has 1 aliphatic rings. The molecule has 24 heavy (non-hydrogen) atoms. The van der Waals surface area contributed by atoms with Gasteiger partial charge < -0.3 is 4.74 Å². The number of hydrogen-bond donors (Lipinski definition) is 2. The lowest BCUT2D eigenvalue weighted by atomic mass is 9.86. The van der Waals surface area contributed by atoms with E-state index in [2.05, 4.69) is 10.9 Å². The first kappa shape index (κ1) is 18.3. The molecule has 0 bridgehead atoms. The first-order valence-electron chi connectivity index (χ1n) is 8.97. The SMILES string of the molecule is CCc1ccccc1OCC(=O)NNC(=O)CCC1CCCCC1. The van der Waals surface area contributed by atoms with Gasteiger partial charge in [0.05, 0.1) is 0 Å². The highest BCUT2D eigenvalue weighted by molar-refractivity contribution is 5.82. The lowest BCUT2D eigenvalue weighted by Crippen LogP contribution is -2.43. The highest BCUT2D eigenvalue weighted by Crippen LogP contribution is 2.27. The van der Waals surface area contributed by atoms with E-state index in [4.69, 9.17) is 4.74 Å². The summed E-state index contributed by atoms with van der Waals surface area (Å²) in [7, 11) is 0. The molecule has 1 aromatic rings. The number of rotatable bonds is 7. The molecule has 2 amide bonds. The zero-order valence-electron chi connectivity index (χ0n) is 14.5. The average Bonchev–Trinajstić information content (AvgIpc) is 2.64. The summed E-state index contributed by atoms with van der Waals surface area (Å²) in [6, 6.07) is 7.63. The lowest BCUT2D eigenvalue weighted by molar-refractivity contribution is -0.130. The van der Waals surface area contributed by atoms with Crippen LogP contribution in [0.3, 0.4) is 0 Å². The van der Waals surface area contributed by atoms with Crippen molar-refractivity contribution in [3.63, 3.8) is 0 Å². The number of benzene rings is 1. The predicted octanol–water partition coefficient (Wildman–Crippen LogP) is 3.14. The van der Waals surface area contributed by atoms with Gasteiger partial charge in [0.1, 0.15) is 5.75 Å². The van der Waals surface area contributed by atoms with Crippen LogP contribution in [-0.4, -0.2) is 18.4 Å². The van der Waals surface area contributed by atoms with Gasteiger partial charge in [0.2, 0.25) is 5.91 Å². The largest absolute Gasteiger partial charge is 0.483 e. The molecular weight excluding hydrogens is 304 g/mol. The van der Waals surface area contributed by atoms with Gasteiger partial charge in [0, 0.05) is 6.42 Å². The summed E-state index contributed by atoms with van der Waals surface area (Å²) in [5, 5.41) is 0. The number of amides is 2. The number of ether oxygens (including phenoxy) is 1. The molecule has 0 spiro atoms. The van der Waals surface area contributed by atoms with Crippen LogP contribution in [-0.2, 0) is 16.0 Å². The van der Waals surface area contributed by atoms with E-state index >= 15 is 0 Å². The van der Waals surface area contributed by atoms with Crippen LogP contribution in [0.25, 0.3) is 0 Å². The van der Waals surface area contributed by atoms with E-state index in [1.54, 1.807) is 0 Å². The molecule has 1 saturated carbocycles. The Balaban J connectivity index is 1.62. The van der Waals surface area contributed by atoms with Crippen LogP contribution in [0.15, 0.2) is 24.3 Å². The molecule has 1 fully saturated rings. The molecule has 0 atom stereocenters. The third-order valence-corrected chi connectivity index (χ3v) is 4.56. The van der Waals surface area contributed by atoms with Crippen LogP contribution in [0.1, 0.15) is 57.4 Å². The Labute approximate surface area is 144 Å². The van der Waals surface area contributed by atoms with Gasteiger partial charge in [-0.2, -0.15) is 0 Å². The van der Waals surface area contributed by atoms with Crippen LogP contribution >= 0.6 is 0 Å². The summed E-state index contributed by atoms with van der Waals surface area (Å²) in [6.07, 6.45) is 8.54. The number of carbonyl (C=O) groups is 2. The second kappa shape index (κ2) is 9.96. The van der Waals surface area contributed by atoms with Gasteiger partial charge in [-0.25, -0.2) is 0 Å². The lowest BCUT2D eigenvalue weighted by Gasteiger charge is -2.21. The molecule has 1 aromatic carbocycles. The predicted molar refractivity (Wildman–Crippen MR) is 93.4 cm³/mol. The molecule has 0 aromatic heterocycles. The van der Waals surface area contributed by atoms with E-state index < -0.39 is 0 Å². The molecule has 2 rings (SSSR count). The Kier molecular flexibility index (Phi) is 7.59. The molecule has 5 nitrogen and oxygen atoms in total. The van der Waals surface area contributed by atoms with Gasteiger partial charge in [-0.15, -0.1) is 0 Å². The van der Waals surface area contributed by atoms with Gasteiger partial charge in [-0.05, 0) is 30.4 Å². The minimum Gasteiger partial charge on any atom is -0.483 e. The number of para-hydroxylation sites is 1. The van der Waals surface area contributed by atoms with E-state index in [-0.39, 0.29) is 18.4 Å². The molecule has 0 saturated heterocycles. The van der Waals surface area contributed by atoms with Crippen molar-refractivity contribution < 1.29 is 14.3 Å². The summed E-state index contributed by atoms with van der Waals surface area (Å²) >= 11 is 0. The smallest absolute Gasteiger partial charge is 0.276 e. The molecule has 0 heterocycles. The maximum absolute atomic E-state index is 11.8. The normalized spacial score (nSPS) is 14.9. The minimum absolute atomic E-state index is 0.111. The van der Waals surface area contributed by atoms with E-state index in [0.717, 1.165) is 18.4 Å². The highest BCUT2D eigenvalue weighted by atomic mass is 16.5. The van der Waals surface area contributed by atoms with Gasteiger partial charge >= 0.3 is 0 Å². The Morgan fingerprint density at radius 1 is 1.08 bits per heavy atom. The Morgan fingerprint density at radius 2 is 1.79 bits per heavy atom. The van der Waals surface area contributed by atoms with Gasteiger partial charge in [0.15, 0.2) is 6.61 Å². The van der Waals surface area contributed by atoms with Crippen molar-refractivity contribution in [2.24, 2.45) is 5.92 Å². The number of nitrogens with one attached hydrogen (secondary N) is 2. The molecule has 0 radical (unpaired) electrons. The van der Waals surface area contributed by atoms with Crippen LogP contribution < -0.4 is 15.6 Å². The average molecular weight is 332 g/mol. The van der Waals surface area contributed by atoms with Crippen molar-refractivity contribution in [2.75, 3.05) is 6.61 Å². The van der Waals surface area contributed by atoms with E-state index in [1.807, 2.05) is 31.2 Å². The second-order valence-corrected chi connectivity index (χ2v) is 6.39. The van der Waals surface area contributed by atoms with Crippen LogP contribution in [0, 0.1) is 5.92 Å². The summed E-state index contributed by atoms with van der Waals surface area (Å²) in [4.78, 5) is 23.6. The molecule has 2 N–H and O–H groups in total. The van der Waals surface area contributed by atoms with Crippen molar-refractivity contribution in [1.29, 1.82) is 0 Å².